The molecule has 0 aliphatic heterocycles. The van der Waals surface area contributed by atoms with Crippen LogP contribution in [0.2, 0.25) is 0 Å². The minimum Gasteiger partial charge on any atom is -0.390 e. The molecule has 0 saturated heterocycles. The number of benzene rings is 1. The summed E-state index contributed by atoms with van der Waals surface area (Å²) in [5, 5.41) is 13.1. The molecule has 0 saturated carbocycles. The van der Waals surface area contributed by atoms with Crippen LogP contribution in [0.15, 0.2) is 36.4 Å². The van der Waals surface area contributed by atoms with Crippen molar-refractivity contribution in [3.63, 3.8) is 0 Å². The molecule has 2 aromatic rings. The highest BCUT2D eigenvalue weighted by atomic mass is 16.3. The Bertz CT molecular complexity index is 420. The molecule has 0 aliphatic carbocycles. The molecule has 1 heterocycles. The van der Waals surface area contributed by atoms with E-state index in [0.29, 0.717) is 5.69 Å². The number of aromatic nitrogens is 2. The van der Waals surface area contributed by atoms with Crippen LogP contribution in [0.4, 0.5) is 0 Å². The smallest absolute Gasteiger partial charge is 0.0885 e. The zero-order valence-corrected chi connectivity index (χ0v) is 8.01. The maximum Gasteiger partial charge on any atom is 0.0885 e. The van der Waals surface area contributed by atoms with Crippen LogP contribution >= 0.6 is 0 Å². The summed E-state index contributed by atoms with van der Waals surface area (Å²) in [7, 11) is 1.88. The van der Waals surface area contributed by atoms with E-state index in [2.05, 4.69) is 5.10 Å². The van der Waals surface area contributed by atoms with Gasteiger partial charge in [0.2, 0.25) is 0 Å². The number of hydrogen-bond donors (Lipinski definition) is 1. The number of aliphatic hydroxyl groups is 1. The van der Waals surface area contributed by atoms with Crippen molar-refractivity contribution in [1.82, 2.24) is 9.78 Å². The van der Waals surface area contributed by atoms with E-state index in [0.717, 1.165) is 11.3 Å². The molecular formula is C11H12N2O. The minimum atomic E-state index is -0.0132. The average molecular weight is 188 g/mol. The second-order valence-corrected chi connectivity index (χ2v) is 3.17. The fourth-order valence-electron chi connectivity index (χ4n) is 1.48. The van der Waals surface area contributed by atoms with E-state index in [1.165, 1.54) is 0 Å². The van der Waals surface area contributed by atoms with Crippen LogP contribution in [-0.4, -0.2) is 14.9 Å². The first kappa shape index (κ1) is 8.97. The molecule has 1 N–H and O–H groups in total. The molecule has 0 bridgehead atoms. The van der Waals surface area contributed by atoms with Crippen molar-refractivity contribution >= 4 is 0 Å². The topological polar surface area (TPSA) is 38.0 Å². The number of rotatable bonds is 2. The minimum absolute atomic E-state index is 0.0132. The largest absolute Gasteiger partial charge is 0.390 e. The van der Waals surface area contributed by atoms with Crippen LogP contribution in [0.5, 0.6) is 0 Å². The third kappa shape index (κ3) is 1.54. The first-order valence-corrected chi connectivity index (χ1v) is 4.50. The van der Waals surface area contributed by atoms with Crippen LogP contribution in [-0.2, 0) is 13.7 Å². The van der Waals surface area contributed by atoms with Gasteiger partial charge >= 0.3 is 0 Å². The zero-order chi connectivity index (χ0) is 9.97. The fraction of sp³-hybridized carbons (Fsp3) is 0.182. The molecule has 0 unspecified atom stereocenters. The molecule has 0 amide bonds. The third-order valence-corrected chi connectivity index (χ3v) is 2.16. The molecule has 14 heavy (non-hydrogen) atoms. The van der Waals surface area contributed by atoms with Crippen LogP contribution in [0.3, 0.4) is 0 Å². The van der Waals surface area contributed by atoms with Gasteiger partial charge in [-0.05, 0) is 11.6 Å². The Morgan fingerprint density at radius 1 is 1.29 bits per heavy atom. The molecular weight excluding hydrogens is 176 g/mol. The van der Waals surface area contributed by atoms with Gasteiger partial charge in [0, 0.05) is 7.05 Å². The summed E-state index contributed by atoms with van der Waals surface area (Å²) >= 11 is 0. The van der Waals surface area contributed by atoms with E-state index in [9.17, 15) is 0 Å². The second kappa shape index (κ2) is 3.64. The predicted octanol–water partition coefficient (Wildman–Crippen LogP) is 1.58. The van der Waals surface area contributed by atoms with Gasteiger partial charge in [-0.15, -0.1) is 0 Å². The fourth-order valence-corrected chi connectivity index (χ4v) is 1.48. The highest BCUT2D eigenvalue weighted by Gasteiger charge is 2.05. The van der Waals surface area contributed by atoms with Gasteiger partial charge in [-0.1, -0.05) is 30.3 Å². The van der Waals surface area contributed by atoms with Gasteiger partial charge in [0.15, 0.2) is 0 Å². The highest BCUT2D eigenvalue weighted by Crippen LogP contribution is 2.18. The summed E-state index contributed by atoms with van der Waals surface area (Å²) < 4.78 is 1.78. The lowest BCUT2D eigenvalue weighted by Gasteiger charge is -1.99. The molecule has 0 aliphatic rings. The quantitative estimate of drug-likeness (QED) is 0.777. The molecule has 0 radical (unpaired) electrons. The van der Waals surface area contributed by atoms with Crippen LogP contribution in [0.1, 0.15) is 5.69 Å². The number of aliphatic hydroxyl groups excluding tert-OH is 1. The molecule has 0 spiro atoms. The Morgan fingerprint density at radius 2 is 2.00 bits per heavy atom. The normalized spacial score (nSPS) is 10.4. The third-order valence-electron chi connectivity index (χ3n) is 2.16. The first-order chi connectivity index (χ1) is 6.81. The molecule has 3 nitrogen and oxygen atoms in total. The Kier molecular flexibility index (Phi) is 2.33. The number of hydrogen-bond acceptors (Lipinski definition) is 2. The zero-order valence-electron chi connectivity index (χ0n) is 8.01. The molecule has 2 rings (SSSR count). The number of aryl methyl sites for hydroxylation is 1. The van der Waals surface area contributed by atoms with Crippen molar-refractivity contribution in [3.05, 3.63) is 42.1 Å². The maximum atomic E-state index is 8.95. The van der Waals surface area contributed by atoms with E-state index in [4.69, 9.17) is 5.11 Å². The molecule has 1 aromatic heterocycles. The standard InChI is InChI=1S/C11H12N2O/c1-13-11(7-10(8-14)12-13)9-5-3-2-4-6-9/h2-7,14H,8H2,1H3. The van der Waals surface area contributed by atoms with Crippen molar-refractivity contribution in [2.75, 3.05) is 0 Å². The summed E-state index contributed by atoms with van der Waals surface area (Å²) in [5.41, 5.74) is 2.84. The van der Waals surface area contributed by atoms with Gasteiger partial charge in [0.1, 0.15) is 0 Å². The first-order valence-electron chi connectivity index (χ1n) is 4.50. The summed E-state index contributed by atoms with van der Waals surface area (Å²) in [6.07, 6.45) is 0. The van der Waals surface area contributed by atoms with Crippen molar-refractivity contribution in [2.24, 2.45) is 7.05 Å². The Hall–Kier alpha value is -1.61. The van der Waals surface area contributed by atoms with Gasteiger partial charge < -0.3 is 5.11 Å². The Labute approximate surface area is 82.6 Å². The lowest BCUT2D eigenvalue weighted by molar-refractivity contribution is 0.275. The summed E-state index contributed by atoms with van der Waals surface area (Å²) in [6, 6.07) is 11.9. The van der Waals surface area contributed by atoms with Crippen LogP contribution < -0.4 is 0 Å². The average Bonchev–Trinajstić information content (AvgIpc) is 2.61. The number of nitrogens with zero attached hydrogens (tertiary/aromatic N) is 2. The van der Waals surface area contributed by atoms with Crippen molar-refractivity contribution < 1.29 is 5.11 Å². The molecule has 1 aromatic carbocycles. The van der Waals surface area contributed by atoms with Crippen molar-refractivity contribution in [2.45, 2.75) is 6.61 Å². The van der Waals surface area contributed by atoms with Crippen LogP contribution in [0, 0.1) is 0 Å². The maximum absolute atomic E-state index is 8.95. The Morgan fingerprint density at radius 3 is 2.57 bits per heavy atom. The van der Waals surface area contributed by atoms with E-state index in [-0.39, 0.29) is 6.61 Å². The lowest BCUT2D eigenvalue weighted by atomic mass is 10.1. The Balaban J connectivity index is 2.46. The predicted molar refractivity (Wildman–Crippen MR) is 54.6 cm³/mol. The second-order valence-electron chi connectivity index (χ2n) is 3.17. The SMILES string of the molecule is Cn1nc(CO)cc1-c1ccccc1. The summed E-state index contributed by atoms with van der Waals surface area (Å²) in [5.74, 6) is 0. The van der Waals surface area contributed by atoms with Gasteiger partial charge in [0.25, 0.3) is 0 Å². The van der Waals surface area contributed by atoms with Gasteiger partial charge in [0.05, 0.1) is 18.0 Å². The van der Waals surface area contributed by atoms with Crippen molar-refractivity contribution in [3.8, 4) is 11.3 Å². The lowest BCUT2D eigenvalue weighted by Crippen LogP contribution is -1.94. The van der Waals surface area contributed by atoms with Crippen molar-refractivity contribution in [1.29, 1.82) is 0 Å². The monoisotopic (exact) mass is 188 g/mol. The molecule has 0 fully saturated rings. The van der Waals surface area contributed by atoms with Crippen LogP contribution in [0.25, 0.3) is 11.3 Å². The van der Waals surface area contributed by atoms with E-state index >= 15 is 0 Å². The van der Waals surface area contributed by atoms with Gasteiger partial charge in [-0.25, -0.2) is 0 Å². The van der Waals surface area contributed by atoms with Gasteiger partial charge in [-0.2, -0.15) is 5.10 Å². The van der Waals surface area contributed by atoms with Gasteiger partial charge in [-0.3, -0.25) is 4.68 Å². The highest BCUT2D eigenvalue weighted by molar-refractivity contribution is 5.59. The van der Waals surface area contributed by atoms with E-state index in [1.54, 1.807) is 4.68 Å². The summed E-state index contributed by atoms with van der Waals surface area (Å²) in [4.78, 5) is 0. The van der Waals surface area contributed by atoms with E-state index < -0.39 is 0 Å². The molecule has 0 atom stereocenters. The van der Waals surface area contributed by atoms with E-state index in [1.807, 2.05) is 43.4 Å². The summed E-state index contributed by atoms with van der Waals surface area (Å²) in [6.45, 7) is -0.0132. The molecule has 3 heteroatoms. The molecule has 72 valence electrons.